The molecular weight excluding hydrogens is 400 g/mol. The van der Waals surface area contributed by atoms with E-state index >= 15 is 0 Å². The van der Waals surface area contributed by atoms with E-state index in [1.807, 2.05) is 30.4 Å². The number of carbonyl (C=O) groups excluding carboxylic acids is 3. The molecule has 4 rings (SSSR count). The van der Waals surface area contributed by atoms with E-state index in [4.69, 9.17) is 11.6 Å². The van der Waals surface area contributed by atoms with E-state index in [-0.39, 0.29) is 35.6 Å². The van der Waals surface area contributed by atoms with Crippen molar-refractivity contribution < 1.29 is 19.7 Å². The summed E-state index contributed by atoms with van der Waals surface area (Å²) >= 11 is 6.04. The van der Waals surface area contributed by atoms with Crippen LogP contribution >= 0.6 is 11.6 Å². The van der Waals surface area contributed by atoms with Crippen LogP contribution in [0.2, 0.25) is 5.02 Å². The third-order valence-corrected chi connectivity index (χ3v) is 5.49. The number of halogens is 1. The lowest BCUT2D eigenvalue weighted by Crippen LogP contribution is -2.86. The van der Waals surface area contributed by atoms with Gasteiger partial charge in [-0.05, 0) is 25.1 Å². The predicted molar refractivity (Wildman–Crippen MR) is 115 cm³/mol. The molecule has 0 saturated carbocycles. The first kappa shape index (κ1) is 20.0. The van der Waals surface area contributed by atoms with Gasteiger partial charge in [0, 0.05) is 27.3 Å². The van der Waals surface area contributed by atoms with Gasteiger partial charge in [0.05, 0.1) is 11.3 Å². The highest BCUT2D eigenvalue weighted by Gasteiger charge is 2.31. The second-order valence-corrected chi connectivity index (χ2v) is 7.70. The Hall–Kier alpha value is -3.28. The summed E-state index contributed by atoms with van der Waals surface area (Å²) in [5, 5.41) is 5.34. The van der Waals surface area contributed by atoms with Crippen LogP contribution in [0.25, 0.3) is 0 Å². The maximum atomic E-state index is 13.0. The minimum absolute atomic E-state index is 0.0363. The molecule has 30 heavy (non-hydrogen) atoms. The molecule has 150 valence electrons. The molecule has 3 aromatic carbocycles. The number of hydrogen-bond acceptors (Lipinski definition) is 3. The minimum atomic E-state index is -0.257. The van der Waals surface area contributed by atoms with Crippen LogP contribution in [-0.2, 0) is 4.79 Å². The Bertz CT molecular complexity index is 1170. The molecule has 0 fully saturated rings. The number of anilines is 1. The van der Waals surface area contributed by atoms with Crippen LogP contribution in [0.5, 0.6) is 0 Å². The molecule has 0 saturated heterocycles. The lowest BCUT2D eigenvalue weighted by atomic mass is 9.83. The number of nitrogens with one attached hydrogen (secondary N) is 1. The first-order valence-corrected chi connectivity index (χ1v) is 10.0. The van der Waals surface area contributed by atoms with Gasteiger partial charge in [-0.2, -0.15) is 0 Å². The maximum Gasteiger partial charge on any atom is 0.279 e. The zero-order chi connectivity index (χ0) is 21.3. The number of carbonyl (C=O) groups is 3. The summed E-state index contributed by atoms with van der Waals surface area (Å²) in [6.07, 6.45) is 0. The van der Waals surface area contributed by atoms with Gasteiger partial charge in [-0.3, -0.25) is 14.4 Å². The summed E-state index contributed by atoms with van der Waals surface area (Å²) in [6.45, 7) is 2.15. The Balaban J connectivity index is 1.51. The second-order valence-electron chi connectivity index (χ2n) is 7.26. The second kappa shape index (κ2) is 8.22. The normalized spacial score (nSPS) is 13.4. The third-order valence-electron chi connectivity index (χ3n) is 5.26. The van der Waals surface area contributed by atoms with Gasteiger partial charge in [0.15, 0.2) is 18.1 Å². The van der Waals surface area contributed by atoms with Crippen LogP contribution in [0.4, 0.5) is 5.69 Å². The fourth-order valence-corrected chi connectivity index (χ4v) is 3.86. The van der Waals surface area contributed by atoms with Crippen molar-refractivity contribution in [1.82, 2.24) is 0 Å². The van der Waals surface area contributed by atoms with Gasteiger partial charge in [-0.15, -0.1) is 0 Å². The number of rotatable bonds is 5. The molecule has 0 spiro atoms. The molecule has 1 atom stereocenters. The molecule has 0 bridgehead atoms. The van der Waals surface area contributed by atoms with Crippen molar-refractivity contribution in [3.63, 3.8) is 0 Å². The first-order valence-electron chi connectivity index (χ1n) is 9.66. The van der Waals surface area contributed by atoms with Gasteiger partial charge < -0.3 is 10.6 Å². The van der Waals surface area contributed by atoms with Crippen LogP contribution < -0.4 is 10.6 Å². The van der Waals surface area contributed by atoms with Gasteiger partial charge in [0.1, 0.15) is 6.04 Å². The quantitative estimate of drug-likeness (QED) is 0.520. The highest BCUT2D eigenvalue weighted by Crippen LogP contribution is 2.31. The highest BCUT2D eigenvalue weighted by atomic mass is 35.5. The summed E-state index contributed by atoms with van der Waals surface area (Å²) in [4.78, 5) is 38.4. The molecule has 5 nitrogen and oxygen atoms in total. The van der Waals surface area contributed by atoms with E-state index in [0.29, 0.717) is 27.4 Å². The van der Waals surface area contributed by atoms with E-state index in [2.05, 4.69) is 5.32 Å². The lowest BCUT2D eigenvalue weighted by molar-refractivity contribution is -0.682. The van der Waals surface area contributed by atoms with E-state index in [1.165, 1.54) is 0 Å². The van der Waals surface area contributed by atoms with Crippen LogP contribution in [0.3, 0.4) is 0 Å². The maximum absolute atomic E-state index is 13.0. The van der Waals surface area contributed by atoms with Crippen LogP contribution in [0.1, 0.15) is 50.4 Å². The largest absolute Gasteiger partial charge is 0.333 e. The van der Waals surface area contributed by atoms with Gasteiger partial charge in [0.25, 0.3) is 5.91 Å². The molecule has 3 N–H and O–H groups in total. The van der Waals surface area contributed by atoms with Gasteiger partial charge in [-0.1, -0.05) is 60.1 Å². The predicted octanol–water partition coefficient (Wildman–Crippen LogP) is 3.38. The summed E-state index contributed by atoms with van der Waals surface area (Å²) in [6, 6.07) is 19.2. The summed E-state index contributed by atoms with van der Waals surface area (Å²) in [5.41, 5.74) is 2.68. The zero-order valence-corrected chi connectivity index (χ0v) is 17.1. The minimum Gasteiger partial charge on any atom is -0.333 e. The fraction of sp³-hybridized carbons (Fsp3) is 0.125. The molecule has 6 heteroatoms. The molecule has 0 heterocycles. The number of nitrogens with two attached hydrogens (primary N) is 1. The van der Waals surface area contributed by atoms with E-state index < -0.39 is 0 Å². The standard InChI is InChI=1S/C24H19ClN2O3/c1-14(15-6-4-7-16(25)12-15)26-13-21(28)27-20-11-5-10-19-22(20)24(30)18-9-3-2-8-17(18)23(19)29/h2-12,14,26H,13H2,1H3,(H,27,28)/p+1/t14-/m0/s1. The Labute approximate surface area is 179 Å². The number of benzene rings is 3. The van der Waals surface area contributed by atoms with Crippen molar-refractivity contribution in [3.8, 4) is 0 Å². The average Bonchev–Trinajstić information content (AvgIpc) is 2.75. The summed E-state index contributed by atoms with van der Waals surface area (Å²) in [7, 11) is 0. The summed E-state index contributed by atoms with van der Waals surface area (Å²) in [5.74, 6) is -0.721. The SMILES string of the molecule is C[C@H]([NH2+]CC(=O)Nc1cccc2c1C(=O)c1ccccc1C2=O)c1cccc(Cl)c1. The van der Waals surface area contributed by atoms with Crippen molar-refractivity contribution in [1.29, 1.82) is 0 Å². The van der Waals surface area contributed by atoms with Crippen LogP contribution in [0.15, 0.2) is 66.7 Å². The van der Waals surface area contributed by atoms with Gasteiger partial charge >= 0.3 is 0 Å². The number of fused-ring (bicyclic) bond motifs is 2. The van der Waals surface area contributed by atoms with E-state index in [0.717, 1.165) is 5.56 Å². The van der Waals surface area contributed by atoms with Gasteiger partial charge in [0.2, 0.25) is 0 Å². The number of quaternary nitrogens is 1. The Morgan fingerprint density at radius 1 is 0.933 bits per heavy atom. The van der Waals surface area contributed by atoms with Crippen molar-refractivity contribution in [2.45, 2.75) is 13.0 Å². The number of hydrogen-bond donors (Lipinski definition) is 2. The fourth-order valence-electron chi connectivity index (χ4n) is 3.66. The van der Waals surface area contributed by atoms with Crippen molar-refractivity contribution >= 4 is 34.8 Å². The van der Waals surface area contributed by atoms with Gasteiger partial charge in [-0.25, -0.2) is 0 Å². The van der Waals surface area contributed by atoms with E-state index in [9.17, 15) is 14.4 Å². The average molecular weight is 420 g/mol. The molecule has 0 radical (unpaired) electrons. The molecule has 0 aliphatic heterocycles. The molecule has 1 aliphatic rings. The Morgan fingerprint density at radius 3 is 2.33 bits per heavy atom. The highest BCUT2D eigenvalue weighted by molar-refractivity contribution is 6.31. The molecule has 0 aromatic heterocycles. The molecule has 0 unspecified atom stereocenters. The Kier molecular flexibility index (Phi) is 5.48. The zero-order valence-electron chi connectivity index (χ0n) is 16.3. The Morgan fingerprint density at radius 2 is 1.60 bits per heavy atom. The first-order chi connectivity index (χ1) is 14.5. The lowest BCUT2D eigenvalue weighted by Gasteiger charge is -2.20. The molecule has 3 aromatic rings. The summed E-state index contributed by atoms with van der Waals surface area (Å²) < 4.78 is 0. The van der Waals surface area contributed by atoms with Crippen molar-refractivity contribution in [2.75, 3.05) is 11.9 Å². The number of ketones is 2. The van der Waals surface area contributed by atoms with E-state index in [1.54, 1.807) is 48.5 Å². The number of amides is 1. The molecular formula is C24H20ClN2O3+. The smallest absolute Gasteiger partial charge is 0.279 e. The molecule has 1 aliphatic carbocycles. The topological polar surface area (TPSA) is 79.8 Å². The van der Waals surface area contributed by atoms with Crippen LogP contribution in [-0.4, -0.2) is 24.0 Å². The third kappa shape index (κ3) is 3.77. The van der Waals surface area contributed by atoms with Crippen molar-refractivity contribution in [2.24, 2.45) is 0 Å². The molecule has 1 amide bonds. The van der Waals surface area contributed by atoms with Crippen LogP contribution in [0, 0.1) is 0 Å². The monoisotopic (exact) mass is 419 g/mol. The van der Waals surface area contributed by atoms with Crippen molar-refractivity contribution in [3.05, 3.63) is 99.6 Å².